The van der Waals surface area contributed by atoms with Crippen LogP contribution in [0.4, 0.5) is 0 Å². The number of aryl methyl sites for hydroxylation is 1. The quantitative estimate of drug-likeness (QED) is 0.706. The monoisotopic (exact) mass is 423 g/mol. The highest BCUT2D eigenvalue weighted by molar-refractivity contribution is 7.33. The van der Waals surface area contributed by atoms with Crippen LogP contribution in [0.2, 0.25) is 0 Å². The maximum absolute atomic E-state index is 12.5. The molecule has 2 heterocycles. The summed E-state index contributed by atoms with van der Waals surface area (Å²) < 4.78 is 31.4. The first kappa shape index (κ1) is 19.6. The van der Waals surface area contributed by atoms with Gasteiger partial charge in [-0.05, 0) is 76.0 Å². The molecule has 1 unspecified atom stereocenters. The van der Waals surface area contributed by atoms with Crippen molar-refractivity contribution in [1.82, 2.24) is 9.55 Å². The molecule has 0 radical (unpaired) electrons. The van der Waals surface area contributed by atoms with Gasteiger partial charge in [0.25, 0.3) is 5.56 Å². The van der Waals surface area contributed by atoms with Gasteiger partial charge >= 0.3 is 13.9 Å². The van der Waals surface area contributed by atoms with Gasteiger partial charge in [-0.1, -0.05) is 0 Å². The van der Waals surface area contributed by atoms with Crippen LogP contribution in [0.15, 0.2) is 15.8 Å². The van der Waals surface area contributed by atoms with Crippen LogP contribution in [0, 0.1) is 24.7 Å². The van der Waals surface area contributed by atoms with Crippen LogP contribution >= 0.6 is 8.25 Å². The van der Waals surface area contributed by atoms with Gasteiger partial charge in [0.2, 0.25) is 0 Å². The molecular formula is C20H28N2O6P+. The second kappa shape index (κ2) is 7.41. The van der Waals surface area contributed by atoms with Crippen molar-refractivity contribution in [2.75, 3.05) is 6.61 Å². The second-order valence-corrected chi connectivity index (χ2v) is 10.4. The normalized spacial score (nSPS) is 38.5. The number of aromatic nitrogens is 2. The minimum Gasteiger partial charge on any atom is -0.352 e. The smallest absolute Gasteiger partial charge is 0.352 e. The molecule has 1 saturated heterocycles. The molecule has 1 aliphatic heterocycles. The molecule has 0 aromatic carbocycles. The Labute approximate surface area is 169 Å². The summed E-state index contributed by atoms with van der Waals surface area (Å²) >= 11 is 0. The summed E-state index contributed by atoms with van der Waals surface area (Å²) in [7, 11) is -2.19. The van der Waals surface area contributed by atoms with Crippen LogP contribution in [0.3, 0.4) is 0 Å². The topological polar surface area (TPSA) is 99.6 Å². The van der Waals surface area contributed by atoms with Crippen LogP contribution in [0.5, 0.6) is 0 Å². The maximum atomic E-state index is 12.5. The lowest BCUT2D eigenvalue weighted by Gasteiger charge is -2.53. The van der Waals surface area contributed by atoms with E-state index in [1.54, 1.807) is 6.92 Å². The fraction of sp³-hybridized carbons (Fsp3) is 0.800. The molecule has 5 fully saturated rings. The molecule has 4 bridgehead atoms. The molecule has 1 aromatic heterocycles. The highest BCUT2D eigenvalue weighted by Crippen LogP contribution is 2.59. The molecule has 1 aromatic rings. The van der Waals surface area contributed by atoms with Crippen LogP contribution in [0.25, 0.3) is 0 Å². The SMILES string of the molecule is Cc1cn([C@H]2CC[C@@H](CO[P+](=O)OC34CC5CC(CC(C5)C3)C4)O2)c(=O)[nH]c1=O. The Morgan fingerprint density at radius 2 is 1.83 bits per heavy atom. The third kappa shape index (κ3) is 3.88. The summed E-state index contributed by atoms with van der Waals surface area (Å²) in [5.41, 5.74) is -0.659. The number of H-pyrrole nitrogens is 1. The molecule has 8 nitrogen and oxygen atoms in total. The molecule has 0 spiro atoms. The first-order chi connectivity index (χ1) is 13.9. The Kier molecular flexibility index (Phi) is 5.01. The maximum Gasteiger partial charge on any atom is 0.698 e. The molecule has 1 N–H and O–H groups in total. The van der Waals surface area contributed by atoms with Gasteiger partial charge in [-0.2, -0.15) is 0 Å². The highest BCUT2D eigenvalue weighted by Gasteiger charge is 2.56. The lowest BCUT2D eigenvalue weighted by atomic mass is 9.54. The molecule has 5 aliphatic rings. The summed E-state index contributed by atoms with van der Waals surface area (Å²) in [6.45, 7) is 1.83. The van der Waals surface area contributed by atoms with E-state index in [9.17, 15) is 14.2 Å². The van der Waals surface area contributed by atoms with Crippen LogP contribution in [-0.2, 0) is 18.3 Å². The molecule has 29 heavy (non-hydrogen) atoms. The van der Waals surface area contributed by atoms with Crippen LogP contribution in [-0.4, -0.2) is 27.9 Å². The fourth-order valence-electron chi connectivity index (χ4n) is 6.29. The molecule has 4 saturated carbocycles. The van der Waals surface area contributed by atoms with Crippen molar-refractivity contribution in [3.05, 3.63) is 32.6 Å². The van der Waals surface area contributed by atoms with Gasteiger partial charge < -0.3 is 4.74 Å². The van der Waals surface area contributed by atoms with Crippen molar-refractivity contribution in [1.29, 1.82) is 0 Å². The Balaban J connectivity index is 1.15. The number of hydrogen-bond donors (Lipinski definition) is 1. The average Bonchev–Trinajstić information content (AvgIpc) is 3.10. The molecule has 3 atom stereocenters. The Hall–Kier alpha value is -1.34. The summed E-state index contributed by atoms with van der Waals surface area (Å²) in [6, 6.07) is 0. The van der Waals surface area contributed by atoms with E-state index in [0.717, 1.165) is 37.0 Å². The first-order valence-corrected chi connectivity index (χ1v) is 11.8. The number of nitrogens with zero attached hydrogens (tertiary/aromatic N) is 1. The number of ether oxygens (including phenoxy) is 1. The molecule has 6 rings (SSSR count). The van der Waals surface area contributed by atoms with Crippen molar-refractivity contribution >= 4 is 8.25 Å². The number of rotatable bonds is 6. The van der Waals surface area contributed by atoms with Gasteiger partial charge in [-0.15, -0.1) is 9.05 Å². The standard InChI is InChI=1S/C20H27N2O6P/c1-12-10-22(19(24)21-18(12)23)17-3-2-16(27-17)11-26-29(25)28-20-7-13-4-14(8-20)6-15(5-13)9-20/h10,13-17H,2-9,11H2,1H3/p+1/t13?,14?,15?,16-,17+,20?/m0/s1. The number of aromatic amines is 1. The Morgan fingerprint density at radius 1 is 1.17 bits per heavy atom. The summed E-state index contributed by atoms with van der Waals surface area (Å²) in [6.07, 6.45) is 9.10. The lowest BCUT2D eigenvalue weighted by Crippen LogP contribution is -2.51. The average molecular weight is 423 g/mol. The van der Waals surface area contributed by atoms with Gasteiger partial charge in [-0.25, -0.2) is 4.79 Å². The summed E-state index contributed by atoms with van der Waals surface area (Å²) in [5, 5.41) is 0. The predicted molar refractivity (Wildman–Crippen MR) is 105 cm³/mol. The van der Waals surface area contributed by atoms with Crippen LogP contribution in [0.1, 0.15) is 63.2 Å². The molecule has 9 heteroatoms. The van der Waals surface area contributed by atoms with E-state index in [2.05, 4.69) is 4.98 Å². The third-order valence-electron chi connectivity index (χ3n) is 7.16. The molecule has 158 valence electrons. The molecular weight excluding hydrogens is 395 g/mol. The van der Waals surface area contributed by atoms with E-state index in [-0.39, 0.29) is 23.9 Å². The highest BCUT2D eigenvalue weighted by atomic mass is 31.1. The lowest BCUT2D eigenvalue weighted by molar-refractivity contribution is -0.111. The van der Waals surface area contributed by atoms with E-state index in [0.29, 0.717) is 18.4 Å². The number of nitrogens with one attached hydrogen (secondary N) is 1. The van der Waals surface area contributed by atoms with E-state index in [1.165, 1.54) is 30.0 Å². The zero-order valence-electron chi connectivity index (χ0n) is 16.7. The summed E-state index contributed by atoms with van der Waals surface area (Å²) in [4.78, 5) is 25.9. The minimum absolute atomic E-state index is 0.176. The van der Waals surface area contributed by atoms with Crippen molar-refractivity contribution in [2.45, 2.75) is 76.2 Å². The van der Waals surface area contributed by atoms with E-state index >= 15 is 0 Å². The van der Waals surface area contributed by atoms with Gasteiger partial charge in [-0.3, -0.25) is 14.3 Å². The van der Waals surface area contributed by atoms with Gasteiger partial charge in [0.1, 0.15) is 18.4 Å². The predicted octanol–water partition coefficient (Wildman–Crippen LogP) is 3.18. The number of hydrogen-bond acceptors (Lipinski definition) is 6. The van der Waals surface area contributed by atoms with Crippen molar-refractivity contribution in [2.24, 2.45) is 17.8 Å². The van der Waals surface area contributed by atoms with Gasteiger partial charge in [0.05, 0.1) is 6.10 Å². The zero-order chi connectivity index (χ0) is 20.2. The van der Waals surface area contributed by atoms with Crippen molar-refractivity contribution in [3.8, 4) is 0 Å². The van der Waals surface area contributed by atoms with E-state index in [4.69, 9.17) is 13.8 Å². The van der Waals surface area contributed by atoms with Crippen molar-refractivity contribution in [3.63, 3.8) is 0 Å². The van der Waals surface area contributed by atoms with Gasteiger partial charge in [0, 0.05) is 16.3 Å². The van der Waals surface area contributed by atoms with Gasteiger partial charge in [0.15, 0.2) is 0 Å². The van der Waals surface area contributed by atoms with Crippen LogP contribution < -0.4 is 11.2 Å². The van der Waals surface area contributed by atoms with Crippen molar-refractivity contribution < 1.29 is 18.3 Å². The largest absolute Gasteiger partial charge is 0.698 e. The Bertz CT molecular complexity index is 889. The first-order valence-electron chi connectivity index (χ1n) is 10.7. The third-order valence-corrected chi connectivity index (χ3v) is 8.05. The van der Waals surface area contributed by atoms with E-state index in [1.807, 2.05) is 0 Å². The minimum atomic E-state index is -2.19. The Morgan fingerprint density at radius 3 is 2.48 bits per heavy atom. The second-order valence-electron chi connectivity index (χ2n) is 9.48. The zero-order valence-corrected chi connectivity index (χ0v) is 17.6. The molecule has 4 aliphatic carbocycles. The molecule has 0 amide bonds. The van der Waals surface area contributed by atoms with E-state index < -0.39 is 20.2 Å². The fourth-order valence-corrected chi connectivity index (χ4v) is 7.17. The summed E-state index contributed by atoms with van der Waals surface area (Å²) in [5.74, 6) is 2.17.